The van der Waals surface area contributed by atoms with Gasteiger partial charge in [0.2, 0.25) is 0 Å². The van der Waals surface area contributed by atoms with E-state index in [4.69, 9.17) is 4.74 Å². The Morgan fingerprint density at radius 1 is 1.47 bits per heavy atom. The maximum atomic E-state index is 12.9. The van der Waals surface area contributed by atoms with Gasteiger partial charge in [0.25, 0.3) is 0 Å². The van der Waals surface area contributed by atoms with Crippen molar-refractivity contribution in [1.82, 2.24) is 0 Å². The number of hydrogen-bond acceptors (Lipinski definition) is 2. The molecule has 0 saturated carbocycles. The standard InChI is InChI=1S/C12H17FO2/c1-8-7-10(13)5-6-11(8)12(3,14)9(2)15-4/h5-7,9,14H,1-4H3. The fourth-order valence-corrected chi connectivity index (χ4v) is 1.64. The average molecular weight is 212 g/mol. The van der Waals surface area contributed by atoms with Crippen molar-refractivity contribution in [3.8, 4) is 0 Å². The summed E-state index contributed by atoms with van der Waals surface area (Å²) in [6.07, 6.45) is -0.346. The number of benzene rings is 1. The molecule has 3 heteroatoms. The molecule has 0 spiro atoms. The summed E-state index contributed by atoms with van der Waals surface area (Å²) in [7, 11) is 1.54. The van der Waals surface area contributed by atoms with E-state index >= 15 is 0 Å². The van der Waals surface area contributed by atoms with Gasteiger partial charge in [-0.3, -0.25) is 0 Å². The number of ether oxygens (including phenoxy) is 1. The number of halogens is 1. The largest absolute Gasteiger partial charge is 0.383 e. The molecule has 0 heterocycles. The molecule has 0 aromatic heterocycles. The molecule has 2 unspecified atom stereocenters. The van der Waals surface area contributed by atoms with Gasteiger partial charge in [0.05, 0.1) is 6.10 Å². The molecule has 0 saturated heterocycles. The summed E-state index contributed by atoms with van der Waals surface area (Å²) in [5.74, 6) is -0.294. The van der Waals surface area contributed by atoms with Crippen molar-refractivity contribution < 1.29 is 14.2 Å². The molecule has 1 N–H and O–H groups in total. The molecule has 1 rings (SSSR count). The van der Waals surface area contributed by atoms with Gasteiger partial charge in [0, 0.05) is 7.11 Å². The van der Waals surface area contributed by atoms with Crippen molar-refractivity contribution in [2.24, 2.45) is 0 Å². The highest BCUT2D eigenvalue weighted by Crippen LogP contribution is 2.29. The molecular weight excluding hydrogens is 195 g/mol. The van der Waals surface area contributed by atoms with E-state index in [1.807, 2.05) is 0 Å². The van der Waals surface area contributed by atoms with Crippen LogP contribution in [0.5, 0.6) is 0 Å². The molecule has 84 valence electrons. The van der Waals surface area contributed by atoms with Crippen LogP contribution in [-0.4, -0.2) is 18.3 Å². The van der Waals surface area contributed by atoms with E-state index in [0.29, 0.717) is 5.56 Å². The lowest BCUT2D eigenvalue weighted by Gasteiger charge is -2.31. The fourth-order valence-electron chi connectivity index (χ4n) is 1.64. The summed E-state index contributed by atoms with van der Waals surface area (Å²) in [6.45, 7) is 5.22. The fraction of sp³-hybridized carbons (Fsp3) is 0.500. The third-order valence-corrected chi connectivity index (χ3v) is 2.88. The van der Waals surface area contributed by atoms with E-state index in [1.54, 1.807) is 26.8 Å². The van der Waals surface area contributed by atoms with Gasteiger partial charge in [-0.05, 0) is 44.0 Å². The molecule has 0 amide bonds. The summed E-state index contributed by atoms with van der Waals surface area (Å²) in [5, 5.41) is 10.3. The number of rotatable bonds is 3. The molecule has 0 bridgehead atoms. The predicted molar refractivity (Wildman–Crippen MR) is 57.2 cm³/mol. The van der Waals surface area contributed by atoms with E-state index in [-0.39, 0.29) is 11.9 Å². The number of hydrogen-bond donors (Lipinski definition) is 1. The lowest BCUT2D eigenvalue weighted by atomic mass is 9.88. The summed E-state index contributed by atoms with van der Waals surface area (Å²) < 4.78 is 18.0. The van der Waals surface area contributed by atoms with Crippen molar-refractivity contribution in [3.05, 3.63) is 35.1 Å². The molecule has 1 aromatic carbocycles. The number of aryl methyl sites for hydroxylation is 1. The number of aliphatic hydroxyl groups is 1. The second kappa shape index (κ2) is 4.29. The van der Waals surface area contributed by atoms with Crippen molar-refractivity contribution in [2.75, 3.05) is 7.11 Å². The molecule has 15 heavy (non-hydrogen) atoms. The van der Waals surface area contributed by atoms with Gasteiger partial charge >= 0.3 is 0 Å². The Kier molecular flexibility index (Phi) is 3.47. The highest BCUT2D eigenvalue weighted by atomic mass is 19.1. The first kappa shape index (κ1) is 12.1. The Bertz CT molecular complexity index is 347. The minimum absolute atomic E-state index is 0.294. The lowest BCUT2D eigenvalue weighted by Crippen LogP contribution is -2.36. The van der Waals surface area contributed by atoms with Crippen LogP contribution in [0.4, 0.5) is 4.39 Å². The third-order valence-electron chi connectivity index (χ3n) is 2.88. The van der Waals surface area contributed by atoms with E-state index in [2.05, 4.69) is 0 Å². The van der Waals surface area contributed by atoms with Crippen LogP contribution in [0.25, 0.3) is 0 Å². The van der Waals surface area contributed by atoms with Gasteiger partial charge in [-0.2, -0.15) is 0 Å². The zero-order valence-electron chi connectivity index (χ0n) is 9.54. The highest BCUT2D eigenvalue weighted by molar-refractivity contribution is 5.32. The van der Waals surface area contributed by atoms with Gasteiger partial charge in [-0.15, -0.1) is 0 Å². The van der Waals surface area contributed by atoms with E-state index in [9.17, 15) is 9.50 Å². The van der Waals surface area contributed by atoms with E-state index in [1.165, 1.54) is 19.2 Å². The average Bonchev–Trinajstić information content (AvgIpc) is 2.15. The first-order valence-electron chi connectivity index (χ1n) is 4.91. The molecule has 0 radical (unpaired) electrons. The van der Waals surface area contributed by atoms with Crippen molar-refractivity contribution in [1.29, 1.82) is 0 Å². The second-order valence-electron chi connectivity index (χ2n) is 3.98. The van der Waals surface area contributed by atoms with Gasteiger partial charge < -0.3 is 9.84 Å². The van der Waals surface area contributed by atoms with Crippen LogP contribution in [-0.2, 0) is 10.3 Å². The van der Waals surface area contributed by atoms with Crippen LogP contribution in [0.3, 0.4) is 0 Å². The first-order valence-corrected chi connectivity index (χ1v) is 4.91. The Morgan fingerprint density at radius 2 is 2.07 bits per heavy atom. The van der Waals surface area contributed by atoms with Crippen LogP contribution in [0.15, 0.2) is 18.2 Å². The van der Waals surface area contributed by atoms with E-state index in [0.717, 1.165) is 5.56 Å². The molecule has 0 aliphatic rings. The summed E-state index contributed by atoms with van der Waals surface area (Å²) in [6, 6.07) is 4.35. The molecular formula is C12H17FO2. The minimum Gasteiger partial charge on any atom is -0.383 e. The number of methoxy groups -OCH3 is 1. The molecule has 0 aliphatic carbocycles. The zero-order chi connectivity index (χ0) is 11.6. The summed E-state index contributed by atoms with van der Waals surface area (Å²) in [4.78, 5) is 0. The molecule has 1 aromatic rings. The van der Waals surface area contributed by atoms with Crippen molar-refractivity contribution >= 4 is 0 Å². The smallest absolute Gasteiger partial charge is 0.123 e. The SMILES string of the molecule is COC(C)C(C)(O)c1ccc(F)cc1C. The monoisotopic (exact) mass is 212 g/mol. The van der Waals surface area contributed by atoms with Crippen LogP contribution < -0.4 is 0 Å². The Labute approximate surface area is 89.7 Å². The van der Waals surface area contributed by atoms with Gasteiger partial charge in [0.1, 0.15) is 11.4 Å². The van der Waals surface area contributed by atoms with Gasteiger partial charge in [0.15, 0.2) is 0 Å². The maximum Gasteiger partial charge on any atom is 0.123 e. The normalized spacial score (nSPS) is 17.2. The van der Waals surface area contributed by atoms with Gasteiger partial charge in [-0.1, -0.05) is 6.07 Å². The zero-order valence-corrected chi connectivity index (χ0v) is 9.54. The van der Waals surface area contributed by atoms with Crippen LogP contribution >= 0.6 is 0 Å². The Balaban J connectivity index is 3.15. The van der Waals surface area contributed by atoms with Gasteiger partial charge in [-0.25, -0.2) is 4.39 Å². The Morgan fingerprint density at radius 3 is 2.53 bits per heavy atom. The highest BCUT2D eigenvalue weighted by Gasteiger charge is 2.31. The quantitative estimate of drug-likeness (QED) is 0.833. The summed E-state index contributed by atoms with van der Waals surface area (Å²) >= 11 is 0. The molecule has 2 atom stereocenters. The van der Waals surface area contributed by atoms with E-state index < -0.39 is 5.60 Å². The Hall–Kier alpha value is -0.930. The maximum absolute atomic E-state index is 12.9. The molecule has 0 fully saturated rings. The van der Waals surface area contributed by atoms with Crippen LogP contribution in [0, 0.1) is 12.7 Å². The van der Waals surface area contributed by atoms with Crippen molar-refractivity contribution in [3.63, 3.8) is 0 Å². The first-order chi connectivity index (χ1) is 6.89. The molecule has 2 nitrogen and oxygen atoms in total. The van der Waals surface area contributed by atoms with Crippen molar-refractivity contribution in [2.45, 2.75) is 32.5 Å². The predicted octanol–water partition coefficient (Wildman–Crippen LogP) is 2.38. The second-order valence-corrected chi connectivity index (χ2v) is 3.98. The topological polar surface area (TPSA) is 29.5 Å². The van der Waals surface area contributed by atoms with Crippen LogP contribution in [0.1, 0.15) is 25.0 Å². The molecule has 0 aliphatic heterocycles. The summed E-state index contributed by atoms with van der Waals surface area (Å²) in [5.41, 5.74) is 0.314. The minimum atomic E-state index is -1.10. The van der Waals surface area contributed by atoms with Crippen LogP contribution in [0.2, 0.25) is 0 Å². The lowest BCUT2D eigenvalue weighted by molar-refractivity contribution is -0.0775. The third kappa shape index (κ3) is 2.36.